The monoisotopic (exact) mass is 166 g/mol. The summed E-state index contributed by atoms with van der Waals surface area (Å²) in [6.07, 6.45) is 1.16. The zero-order valence-corrected chi connectivity index (χ0v) is 6.53. The van der Waals surface area contributed by atoms with Crippen molar-refractivity contribution in [1.29, 1.82) is 0 Å². The number of rotatable bonds is 1. The summed E-state index contributed by atoms with van der Waals surface area (Å²) in [4.78, 5) is 3.87. The number of nitrogens with zero attached hydrogens (tertiary/aromatic N) is 4. The summed E-state index contributed by atoms with van der Waals surface area (Å²) >= 11 is 0. The van der Waals surface area contributed by atoms with E-state index in [0.717, 1.165) is 6.20 Å². The Morgan fingerprint density at radius 2 is 2.42 bits per heavy atom. The Labute approximate surface area is 68.0 Å². The third-order valence-corrected chi connectivity index (χ3v) is 1.62. The van der Waals surface area contributed by atoms with Gasteiger partial charge in [0.25, 0.3) is 0 Å². The van der Waals surface area contributed by atoms with Crippen LogP contribution in [0.1, 0.15) is 6.92 Å². The highest BCUT2D eigenvalue weighted by Gasteiger charge is 2.04. The Morgan fingerprint density at radius 1 is 1.58 bits per heavy atom. The molecule has 0 amide bonds. The number of aryl methyl sites for hydroxylation is 1. The Hall–Kier alpha value is -1.52. The van der Waals surface area contributed by atoms with E-state index in [-0.39, 0.29) is 5.82 Å². The van der Waals surface area contributed by atoms with E-state index in [0.29, 0.717) is 17.7 Å². The van der Waals surface area contributed by atoms with Crippen molar-refractivity contribution in [2.24, 2.45) is 0 Å². The molecule has 62 valence electrons. The molecule has 0 aromatic carbocycles. The van der Waals surface area contributed by atoms with E-state index in [1.54, 1.807) is 4.68 Å². The van der Waals surface area contributed by atoms with Crippen molar-refractivity contribution in [2.75, 3.05) is 0 Å². The third kappa shape index (κ3) is 0.939. The third-order valence-electron chi connectivity index (χ3n) is 1.62. The van der Waals surface area contributed by atoms with Crippen LogP contribution in [0, 0.1) is 5.82 Å². The minimum absolute atomic E-state index is 0.384. The summed E-state index contributed by atoms with van der Waals surface area (Å²) in [6, 6.07) is 1.32. The molecule has 0 saturated carbocycles. The second-order valence-electron chi connectivity index (χ2n) is 2.40. The van der Waals surface area contributed by atoms with Crippen LogP contribution < -0.4 is 0 Å². The van der Waals surface area contributed by atoms with Gasteiger partial charge in [0.2, 0.25) is 0 Å². The van der Waals surface area contributed by atoms with Gasteiger partial charge in [-0.3, -0.25) is 0 Å². The summed E-state index contributed by atoms with van der Waals surface area (Å²) in [7, 11) is 0. The fraction of sp³-hybridized carbons (Fsp3) is 0.286. The van der Waals surface area contributed by atoms with Crippen molar-refractivity contribution in [1.82, 2.24) is 20.0 Å². The minimum atomic E-state index is -0.384. The zero-order chi connectivity index (χ0) is 8.55. The molecule has 0 saturated heterocycles. The normalized spacial score (nSPS) is 10.8. The van der Waals surface area contributed by atoms with Gasteiger partial charge in [-0.25, -0.2) is 14.1 Å². The summed E-state index contributed by atoms with van der Waals surface area (Å²) in [5, 5.41) is 7.55. The van der Waals surface area contributed by atoms with Crippen LogP contribution >= 0.6 is 0 Å². The maximum Gasteiger partial charge on any atom is 0.178 e. The van der Waals surface area contributed by atoms with Crippen molar-refractivity contribution in [2.45, 2.75) is 13.5 Å². The Kier molecular flexibility index (Phi) is 1.49. The molecule has 2 rings (SSSR count). The molecule has 2 aromatic rings. The molecule has 0 aliphatic heterocycles. The van der Waals surface area contributed by atoms with Crippen LogP contribution in [-0.2, 0) is 6.54 Å². The number of aromatic nitrogens is 4. The molecule has 0 aliphatic rings. The molecule has 5 heteroatoms. The summed E-state index contributed by atoms with van der Waals surface area (Å²) < 4.78 is 14.2. The molecule has 0 radical (unpaired) electrons. The van der Waals surface area contributed by atoms with Gasteiger partial charge in [0.1, 0.15) is 11.3 Å². The van der Waals surface area contributed by atoms with Crippen LogP contribution in [0.15, 0.2) is 12.3 Å². The first-order valence-corrected chi connectivity index (χ1v) is 3.66. The average Bonchev–Trinajstić information content (AvgIpc) is 2.46. The second-order valence-corrected chi connectivity index (χ2v) is 2.40. The lowest BCUT2D eigenvalue weighted by molar-refractivity contribution is 0.621. The lowest BCUT2D eigenvalue weighted by Crippen LogP contribution is -1.97. The van der Waals surface area contributed by atoms with E-state index >= 15 is 0 Å². The molecule has 0 aliphatic carbocycles. The van der Waals surface area contributed by atoms with E-state index in [9.17, 15) is 4.39 Å². The van der Waals surface area contributed by atoms with Crippen LogP contribution in [0.2, 0.25) is 0 Å². The van der Waals surface area contributed by atoms with Crippen molar-refractivity contribution in [3.05, 3.63) is 18.1 Å². The van der Waals surface area contributed by atoms with Gasteiger partial charge in [-0.05, 0) is 6.92 Å². The topological polar surface area (TPSA) is 43.6 Å². The van der Waals surface area contributed by atoms with E-state index in [4.69, 9.17) is 0 Å². The van der Waals surface area contributed by atoms with E-state index in [2.05, 4.69) is 15.3 Å². The molecule has 0 unspecified atom stereocenters. The number of halogens is 1. The zero-order valence-electron chi connectivity index (χ0n) is 6.53. The maximum atomic E-state index is 12.6. The second kappa shape index (κ2) is 2.51. The standard InChI is InChI=1S/C7H7FN4/c1-2-12-7-6(10-11-12)3-5(8)4-9-7/h3-4H,2H2,1H3. The van der Waals surface area contributed by atoms with Gasteiger partial charge < -0.3 is 0 Å². The van der Waals surface area contributed by atoms with Gasteiger partial charge in [0, 0.05) is 12.6 Å². The molecular formula is C7H7FN4. The van der Waals surface area contributed by atoms with Crippen LogP contribution in [0.4, 0.5) is 4.39 Å². The van der Waals surface area contributed by atoms with E-state index in [1.807, 2.05) is 6.92 Å². The van der Waals surface area contributed by atoms with Crippen molar-refractivity contribution < 1.29 is 4.39 Å². The molecule has 12 heavy (non-hydrogen) atoms. The highest BCUT2D eigenvalue weighted by Crippen LogP contribution is 2.08. The lowest BCUT2D eigenvalue weighted by atomic mass is 10.4. The van der Waals surface area contributed by atoms with E-state index in [1.165, 1.54) is 6.07 Å². The summed E-state index contributed by atoms with van der Waals surface area (Å²) in [6.45, 7) is 2.62. The summed E-state index contributed by atoms with van der Waals surface area (Å²) in [5.41, 5.74) is 1.12. The van der Waals surface area contributed by atoms with Gasteiger partial charge in [-0.1, -0.05) is 5.21 Å². The van der Waals surface area contributed by atoms with Gasteiger partial charge in [-0.2, -0.15) is 0 Å². The molecular weight excluding hydrogens is 159 g/mol. The average molecular weight is 166 g/mol. The minimum Gasteiger partial charge on any atom is -0.232 e. The maximum absolute atomic E-state index is 12.6. The van der Waals surface area contributed by atoms with Crippen LogP contribution in [0.25, 0.3) is 11.2 Å². The van der Waals surface area contributed by atoms with Gasteiger partial charge in [0.05, 0.1) is 6.20 Å². The SMILES string of the molecule is CCn1nnc2cc(F)cnc21. The largest absolute Gasteiger partial charge is 0.232 e. The first-order chi connectivity index (χ1) is 5.81. The Bertz CT molecular complexity index is 409. The molecule has 2 heterocycles. The predicted molar refractivity (Wildman–Crippen MR) is 41.0 cm³/mol. The van der Waals surface area contributed by atoms with Gasteiger partial charge >= 0.3 is 0 Å². The van der Waals surface area contributed by atoms with Crippen molar-refractivity contribution in [3.63, 3.8) is 0 Å². The van der Waals surface area contributed by atoms with Gasteiger partial charge in [0.15, 0.2) is 5.65 Å². The number of pyridine rings is 1. The van der Waals surface area contributed by atoms with Crippen LogP contribution in [-0.4, -0.2) is 20.0 Å². The molecule has 0 atom stereocenters. The van der Waals surface area contributed by atoms with Crippen LogP contribution in [0.5, 0.6) is 0 Å². The molecule has 0 spiro atoms. The fourth-order valence-corrected chi connectivity index (χ4v) is 1.05. The summed E-state index contributed by atoms with van der Waals surface area (Å²) in [5.74, 6) is -0.384. The van der Waals surface area contributed by atoms with Crippen molar-refractivity contribution in [3.8, 4) is 0 Å². The van der Waals surface area contributed by atoms with Gasteiger partial charge in [-0.15, -0.1) is 5.10 Å². The highest BCUT2D eigenvalue weighted by molar-refractivity contribution is 5.68. The van der Waals surface area contributed by atoms with Crippen LogP contribution in [0.3, 0.4) is 0 Å². The Balaban J connectivity index is 2.73. The molecule has 2 aromatic heterocycles. The quantitative estimate of drug-likeness (QED) is 0.634. The number of hydrogen-bond donors (Lipinski definition) is 0. The predicted octanol–water partition coefficient (Wildman–Crippen LogP) is 0.985. The molecule has 4 nitrogen and oxygen atoms in total. The van der Waals surface area contributed by atoms with Crippen molar-refractivity contribution >= 4 is 11.2 Å². The highest BCUT2D eigenvalue weighted by atomic mass is 19.1. The van der Waals surface area contributed by atoms with E-state index < -0.39 is 0 Å². The number of hydrogen-bond acceptors (Lipinski definition) is 3. The first-order valence-electron chi connectivity index (χ1n) is 3.66. The molecule has 0 bridgehead atoms. The fourth-order valence-electron chi connectivity index (χ4n) is 1.05. The first kappa shape index (κ1) is 7.15. The molecule has 0 N–H and O–H groups in total. The smallest absolute Gasteiger partial charge is 0.178 e. The lowest BCUT2D eigenvalue weighted by Gasteiger charge is -1.93. The molecule has 0 fully saturated rings. The Morgan fingerprint density at radius 3 is 3.17 bits per heavy atom. The number of fused-ring (bicyclic) bond motifs is 1.